The molecule has 0 radical (unpaired) electrons. The molecule has 1 N–H and O–H groups in total. The minimum absolute atomic E-state index is 0.0445. The number of carbonyl (C=O) groups is 2. The second-order valence-electron chi connectivity index (χ2n) is 5.73. The molecule has 27 heavy (non-hydrogen) atoms. The Morgan fingerprint density at radius 2 is 2.07 bits per heavy atom. The van der Waals surface area contributed by atoms with Crippen LogP contribution in [0.2, 0.25) is 0 Å². The fourth-order valence-corrected chi connectivity index (χ4v) is 3.22. The fourth-order valence-electron chi connectivity index (χ4n) is 2.36. The lowest BCUT2D eigenvalue weighted by atomic mass is 10.3. The van der Waals surface area contributed by atoms with Gasteiger partial charge in [-0.1, -0.05) is 23.9 Å². The summed E-state index contributed by atoms with van der Waals surface area (Å²) in [6.07, 6.45) is 1.84. The van der Waals surface area contributed by atoms with Crippen molar-refractivity contribution < 1.29 is 14.3 Å². The highest BCUT2D eigenvalue weighted by atomic mass is 32.2. The van der Waals surface area contributed by atoms with Gasteiger partial charge in [-0.05, 0) is 24.3 Å². The molecular weight excluding hydrogens is 366 g/mol. The number of nitrogens with one attached hydrogen (secondary N) is 1. The van der Waals surface area contributed by atoms with E-state index < -0.39 is 0 Å². The number of fused-ring (bicyclic) bond motifs is 1. The molecule has 0 saturated carbocycles. The Balaban J connectivity index is 1.51. The zero-order valence-corrected chi connectivity index (χ0v) is 15.8. The normalized spacial score (nSPS) is 10.6. The van der Waals surface area contributed by atoms with Crippen molar-refractivity contribution in [1.82, 2.24) is 19.5 Å². The molecule has 0 spiro atoms. The highest BCUT2D eigenvalue weighted by molar-refractivity contribution is 7.99. The molecule has 2 aromatic heterocycles. The number of nitrogens with zero attached hydrogens (tertiary/aromatic N) is 4. The molecule has 0 saturated heterocycles. The number of pyridine rings is 1. The molecule has 3 rings (SSSR count). The van der Waals surface area contributed by atoms with Crippen molar-refractivity contribution in [3.05, 3.63) is 48.7 Å². The Kier molecular flexibility index (Phi) is 5.92. The van der Waals surface area contributed by atoms with Gasteiger partial charge in [0.1, 0.15) is 5.75 Å². The SMILES string of the molecule is COc1cccc(NC(=O)CN(C)C(=O)CSc2nnc3ccccn23)c1. The molecule has 0 aliphatic carbocycles. The Bertz CT molecular complexity index is 959. The van der Waals surface area contributed by atoms with Gasteiger partial charge in [0.25, 0.3) is 0 Å². The van der Waals surface area contributed by atoms with E-state index >= 15 is 0 Å². The van der Waals surface area contributed by atoms with E-state index in [0.29, 0.717) is 16.6 Å². The first-order chi connectivity index (χ1) is 13.1. The van der Waals surface area contributed by atoms with E-state index in [-0.39, 0.29) is 24.1 Å². The van der Waals surface area contributed by atoms with Crippen LogP contribution in [0, 0.1) is 0 Å². The predicted molar refractivity (Wildman–Crippen MR) is 103 cm³/mol. The molecule has 0 aliphatic heterocycles. The molecule has 3 aromatic rings. The number of likely N-dealkylation sites (N-methyl/N-ethyl adjacent to an activating group) is 1. The van der Waals surface area contributed by atoms with E-state index in [0.717, 1.165) is 5.65 Å². The van der Waals surface area contributed by atoms with Gasteiger partial charge in [-0.15, -0.1) is 10.2 Å². The molecule has 9 heteroatoms. The Morgan fingerprint density at radius 3 is 2.89 bits per heavy atom. The summed E-state index contributed by atoms with van der Waals surface area (Å²) in [6.45, 7) is -0.0445. The van der Waals surface area contributed by atoms with Crippen LogP contribution >= 0.6 is 11.8 Å². The summed E-state index contributed by atoms with van der Waals surface area (Å²) in [7, 11) is 3.15. The first kappa shape index (κ1) is 18.7. The van der Waals surface area contributed by atoms with Crippen LogP contribution in [0.4, 0.5) is 5.69 Å². The third kappa shape index (κ3) is 4.76. The van der Waals surface area contributed by atoms with E-state index in [2.05, 4.69) is 15.5 Å². The molecule has 0 fully saturated rings. The fraction of sp³-hybridized carbons (Fsp3) is 0.222. The lowest BCUT2D eigenvalue weighted by Gasteiger charge is -2.16. The first-order valence-electron chi connectivity index (χ1n) is 8.17. The second kappa shape index (κ2) is 8.54. The largest absolute Gasteiger partial charge is 0.497 e. The maximum Gasteiger partial charge on any atom is 0.243 e. The highest BCUT2D eigenvalue weighted by Crippen LogP contribution is 2.18. The van der Waals surface area contributed by atoms with Crippen molar-refractivity contribution in [2.75, 3.05) is 31.8 Å². The number of anilines is 1. The lowest BCUT2D eigenvalue weighted by Crippen LogP contribution is -2.36. The second-order valence-corrected chi connectivity index (χ2v) is 6.67. The minimum atomic E-state index is -0.281. The van der Waals surface area contributed by atoms with Gasteiger partial charge in [0.2, 0.25) is 11.8 Å². The van der Waals surface area contributed by atoms with Crippen LogP contribution in [0.1, 0.15) is 0 Å². The number of carbonyl (C=O) groups excluding carboxylic acids is 2. The molecule has 0 atom stereocenters. The summed E-state index contributed by atoms with van der Waals surface area (Å²) in [4.78, 5) is 25.8. The molecular formula is C18H19N5O3S. The predicted octanol–water partition coefficient (Wildman–Crippen LogP) is 1.93. The van der Waals surface area contributed by atoms with E-state index in [1.807, 2.05) is 28.8 Å². The zero-order valence-electron chi connectivity index (χ0n) is 15.0. The van der Waals surface area contributed by atoms with Gasteiger partial charge in [0.05, 0.1) is 19.4 Å². The number of amides is 2. The summed E-state index contributed by atoms with van der Waals surface area (Å²) in [5, 5.41) is 11.5. The number of hydrogen-bond donors (Lipinski definition) is 1. The molecule has 0 bridgehead atoms. The van der Waals surface area contributed by atoms with Gasteiger partial charge in [0, 0.05) is 25.0 Å². The molecule has 0 unspecified atom stereocenters. The average molecular weight is 385 g/mol. The highest BCUT2D eigenvalue weighted by Gasteiger charge is 2.15. The maximum absolute atomic E-state index is 12.3. The average Bonchev–Trinajstić information content (AvgIpc) is 3.09. The van der Waals surface area contributed by atoms with Crippen molar-refractivity contribution in [3.8, 4) is 5.75 Å². The van der Waals surface area contributed by atoms with Gasteiger partial charge in [-0.2, -0.15) is 0 Å². The van der Waals surface area contributed by atoms with Crippen molar-refractivity contribution >= 4 is 34.9 Å². The van der Waals surface area contributed by atoms with Crippen LogP contribution in [0.25, 0.3) is 5.65 Å². The summed E-state index contributed by atoms with van der Waals surface area (Å²) in [5.41, 5.74) is 1.34. The lowest BCUT2D eigenvalue weighted by molar-refractivity contribution is -0.131. The number of rotatable bonds is 7. The third-order valence-electron chi connectivity index (χ3n) is 3.77. The summed E-state index contributed by atoms with van der Waals surface area (Å²) >= 11 is 1.28. The standard InChI is InChI=1S/C18H19N5O3S/c1-22(11-16(24)19-13-6-5-7-14(10-13)26-2)17(25)12-27-18-21-20-15-8-3-4-9-23(15)18/h3-10H,11-12H2,1-2H3,(H,19,24). The summed E-state index contributed by atoms with van der Waals surface area (Å²) in [6, 6.07) is 12.6. The quantitative estimate of drug-likeness (QED) is 0.625. The zero-order chi connectivity index (χ0) is 19.2. The van der Waals surface area contributed by atoms with Gasteiger partial charge < -0.3 is 15.0 Å². The summed E-state index contributed by atoms with van der Waals surface area (Å²) in [5.74, 6) is 0.359. The number of aromatic nitrogens is 3. The van der Waals surface area contributed by atoms with Crippen molar-refractivity contribution in [3.63, 3.8) is 0 Å². The van der Waals surface area contributed by atoms with Crippen molar-refractivity contribution in [2.45, 2.75) is 5.16 Å². The van der Waals surface area contributed by atoms with Crippen LogP contribution in [0.15, 0.2) is 53.8 Å². The Labute approximate surface area is 160 Å². The van der Waals surface area contributed by atoms with Crippen LogP contribution in [0.5, 0.6) is 5.75 Å². The summed E-state index contributed by atoms with van der Waals surface area (Å²) < 4.78 is 6.93. The van der Waals surface area contributed by atoms with Crippen LogP contribution in [-0.2, 0) is 9.59 Å². The minimum Gasteiger partial charge on any atom is -0.497 e. The maximum atomic E-state index is 12.3. The third-order valence-corrected chi connectivity index (χ3v) is 4.70. The van der Waals surface area contributed by atoms with Gasteiger partial charge in [0.15, 0.2) is 10.8 Å². The number of ether oxygens (including phenoxy) is 1. The van der Waals surface area contributed by atoms with Gasteiger partial charge >= 0.3 is 0 Å². The number of methoxy groups -OCH3 is 1. The first-order valence-corrected chi connectivity index (χ1v) is 9.16. The number of hydrogen-bond acceptors (Lipinski definition) is 6. The van der Waals surface area contributed by atoms with Crippen LogP contribution in [0.3, 0.4) is 0 Å². The topological polar surface area (TPSA) is 88.8 Å². The van der Waals surface area contributed by atoms with Crippen LogP contribution in [-0.4, -0.2) is 57.8 Å². The van der Waals surface area contributed by atoms with Gasteiger partial charge in [-0.3, -0.25) is 14.0 Å². The molecule has 2 amide bonds. The molecule has 2 heterocycles. The van der Waals surface area contributed by atoms with Crippen molar-refractivity contribution in [1.29, 1.82) is 0 Å². The molecule has 0 aliphatic rings. The molecule has 1 aromatic carbocycles. The molecule has 8 nitrogen and oxygen atoms in total. The van der Waals surface area contributed by atoms with Gasteiger partial charge in [-0.25, -0.2) is 0 Å². The van der Waals surface area contributed by atoms with E-state index in [1.54, 1.807) is 38.4 Å². The van der Waals surface area contributed by atoms with Crippen molar-refractivity contribution in [2.24, 2.45) is 0 Å². The van der Waals surface area contributed by atoms with Crippen LogP contribution < -0.4 is 10.1 Å². The van der Waals surface area contributed by atoms with E-state index in [4.69, 9.17) is 4.74 Å². The van der Waals surface area contributed by atoms with E-state index in [1.165, 1.54) is 16.7 Å². The number of thioether (sulfide) groups is 1. The Morgan fingerprint density at radius 1 is 1.22 bits per heavy atom. The monoisotopic (exact) mass is 385 g/mol. The number of benzene rings is 1. The Hall–Kier alpha value is -3.07. The smallest absolute Gasteiger partial charge is 0.243 e. The van der Waals surface area contributed by atoms with E-state index in [9.17, 15) is 9.59 Å². The molecule has 140 valence electrons.